The van der Waals surface area contributed by atoms with E-state index in [-0.39, 0.29) is 28.0 Å². The number of hydrogen-bond donors (Lipinski definition) is 1. The standard InChI is InChI=1S/C16H13Cl2NO3S/c17-13-8-14(18)16(20)15(9-13)23(21,22)19-7-6-12(10-19)11-4-2-1-3-5-11/h1-6,8-9,20H,7,10H2. The van der Waals surface area contributed by atoms with Crippen molar-refractivity contribution in [1.29, 1.82) is 0 Å². The highest BCUT2D eigenvalue weighted by molar-refractivity contribution is 7.89. The van der Waals surface area contributed by atoms with E-state index < -0.39 is 15.8 Å². The van der Waals surface area contributed by atoms with E-state index in [2.05, 4.69) is 0 Å². The second-order valence-electron chi connectivity index (χ2n) is 5.13. The second-order valence-corrected chi connectivity index (χ2v) is 7.88. The minimum Gasteiger partial charge on any atom is -0.505 e. The highest BCUT2D eigenvalue weighted by atomic mass is 35.5. The fraction of sp³-hybridized carbons (Fsp3) is 0.125. The minimum atomic E-state index is -3.89. The van der Waals surface area contributed by atoms with Crippen molar-refractivity contribution in [2.45, 2.75) is 4.90 Å². The lowest BCUT2D eigenvalue weighted by molar-refractivity contribution is 0.447. The monoisotopic (exact) mass is 369 g/mol. The summed E-state index contributed by atoms with van der Waals surface area (Å²) in [6.07, 6.45) is 1.86. The number of phenols is 1. The summed E-state index contributed by atoms with van der Waals surface area (Å²) in [5, 5.41) is 10.1. The van der Waals surface area contributed by atoms with Crippen LogP contribution in [0.5, 0.6) is 5.75 Å². The van der Waals surface area contributed by atoms with Gasteiger partial charge in [0.2, 0.25) is 10.0 Å². The van der Waals surface area contributed by atoms with E-state index in [4.69, 9.17) is 23.2 Å². The van der Waals surface area contributed by atoms with Gasteiger partial charge in [0.25, 0.3) is 0 Å². The van der Waals surface area contributed by atoms with Gasteiger partial charge in [-0.3, -0.25) is 0 Å². The van der Waals surface area contributed by atoms with Gasteiger partial charge < -0.3 is 5.11 Å². The zero-order chi connectivity index (χ0) is 16.6. The molecule has 23 heavy (non-hydrogen) atoms. The Morgan fingerprint density at radius 3 is 2.48 bits per heavy atom. The summed E-state index contributed by atoms with van der Waals surface area (Å²) in [7, 11) is -3.89. The molecule has 0 aromatic heterocycles. The van der Waals surface area contributed by atoms with E-state index in [9.17, 15) is 13.5 Å². The third kappa shape index (κ3) is 3.10. The van der Waals surface area contributed by atoms with Crippen molar-refractivity contribution in [2.75, 3.05) is 13.1 Å². The van der Waals surface area contributed by atoms with Crippen LogP contribution in [0.15, 0.2) is 53.4 Å². The lowest BCUT2D eigenvalue weighted by Gasteiger charge is -2.18. The molecule has 0 saturated carbocycles. The van der Waals surface area contributed by atoms with E-state index in [1.807, 2.05) is 36.4 Å². The Hall–Kier alpha value is -1.53. The molecule has 2 aromatic carbocycles. The zero-order valence-corrected chi connectivity index (χ0v) is 14.2. The molecule has 0 atom stereocenters. The van der Waals surface area contributed by atoms with Crippen LogP contribution in [0.1, 0.15) is 5.56 Å². The van der Waals surface area contributed by atoms with Gasteiger partial charge in [0.1, 0.15) is 4.90 Å². The molecule has 2 aromatic rings. The number of hydrogen-bond acceptors (Lipinski definition) is 3. The topological polar surface area (TPSA) is 57.6 Å². The molecule has 0 radical (unpaired) electrons. The van der Waals surface area contributed by atoms with Crippen LogP contribution in [0, 0.1) is 0 Å². The number of aromatic hydroxyl groups is 1. The molecule has 1 aliphatic heterocycles. The van der Waals surface area contributed by atoms with E-state index in [0.29, 0.717) is 0 Å². The van der Waals surface area contributed by atoms with Gasteiger partial charge in [0.15, 0.2) is 5.75 Å². The van der Waals surface area contributed by atoms with Gasteiger partial charge in [0.05, 0.1) is 5.02 Å². The van der Waals surface area contributed by atoms with E-state index >= 15 is 0 Å². The van der Waals surface area contributed by atoms with Crippen molar-refractivity contribution in [2.24, 2.45) is 0 Å². The van der Waals surface area contributed by atoms with Crippen molar-refractivity contribution in [3.05, 3.63) is 64.1 Å². The maximum Gasteiger partial charge on any atom is 0.247 e. The normalized spacial score (nSPS) is 15.7. The van der Waals surface area contributed by atoms with Gasteiger partial charge in [-0.1, -0.05) is 59.6 Å². The van der Waals surface area contributed by atoms with Crippen molar-refractivity contribution < 1.29 is 13.5 Å². The summed E-state index contributed by atoms with van der Waals surface area (Å²) in [5.41, 5.74) is 1.89. The molecule has 3 rings (SSSR count). The maximum absolute atomic E-state index is 12.8. The number of sulfonamides is 1. The average Bonchev–Trinajstić information content (AvgIpc) is 3.02. The number of nitrogens with zero attached hydrogens (tertiary/aromatic N) is 1. The highest BCUT2D eigenvalue weighted by Gasteiger charge is 2.31. The first-order valence-electron chi connectivity index (χ1n) is 6.82. The zero-order valence-electron chi connectivity index (χ0n) is 11.9. The Labute approximate surface area is 144 Å². The Morgan fingerprint density at radius 1 is 1.09 bits per heavy atom. The Balaban J connectivity index is 1.92. The van der Waals surface area contributed by atoms with Crippen LogP contribution in [0.2, 0.25) is 10.0 Å². The molecular formula is C16H13Cl2NO3S. The molecule has 0 spiro atoms. The van der Waals surface area contributed by atoms with Crippen LogP contribution in [0.4, 0.5) is 0 Å². The summed E-state index contributed by atoms with van der Waals surface area (Å²) in [4.78, 5) is -0.280. The molecule has 1 heterocycles. The molecule has 0 saturated heterocycles. The SMILES string of the molecule is O=S(=O)(c1cc(Cl)cc(Cl)c1O)N1CC=C(c2ccccc2)C1. The summed E-state index contributed by atoms with van der Waals surface area (Å²) in [5.74, 6) is -0.482. The summed E-state index contributed by atoms with van der Waals surface area (Å²) in [6, 6.07) is 12.1. The molecule has 0 amide bonds. The van der Waals surface area contributed by atoms with E-state index in [1.54, 1.807) is 0 Å². The van der Waals surface area contributed by atoms with Crippen LogP contribution in [-0.2, 0) is 10.0 Å². The van der Waals surface area contributed by atoms with Gasteiger partial charge in [-0.15, -0.1) is 0 Å². The first-order valence-corrected chi connectivity index (χ1v) is 9.02. The summed E-state index contributed by atoms with van der Waals surface area (Å²) < 4.78 is 26.8. The van der Waals surface area contributed by atoms with Gasteiger partial charge >= 0.3 is 0 Å². The summed E-state index contributed by atoms with van der Waals surface area (Å²) in [6.45, 7) is 0.464. The first-order chi connectivity index (χ1) is 10.9. The lowest BCUT2D eigenvalue weighted by atomic mass is 10.1. The maximum atomic E-state index is 12.8. The molecule has 1 aliphatic rings. The fourth-order valence-electron chi connectivity index (χ4n) is 2.45. The molecule has 0 unspecified atom stereocenters. The molecule has 1 N–H and O–H groups in total. The minimum absolute atomic E-state index is 0.0912. The molecule has 0 aliphatic carbocycles. The van der Waals surface area contributed by atoms with E-state index in [1.165, 1.54) is 16.4 Å². The van der Waals surface area contributed by atoms with Crippen LogP contribution in [-0.4, -0.2) is 30.9 Å². The lowest BCUT2D eigenvalue weighted by Crippen LogP contribution is -2.29. The molecular weight excluding hydrogens is 357 g/mol. The smallest absolute Gasteiger partial charge is 0.247 e. The Bertz CT molecular complexity index is 880. The molecule has 0 fully saturated rings. The fourth-order valence-corrected chi connectivity index (χ4v) is 4.56. The van der Waals surface area contributed by atoms with Crippen LogP contribution >= 0.6 is 23.2 Å². The molecule has 0 bridgehead atoms. The molecule has 7 heteroatoms. The number of phenolic OH excluding ortho intramolecular Hbond substituents is 1. The van der Waals surface area contributed by atoms with Crippen LogP contribution in [0.25, 0.3) is 5.57 Å². The third-order valence-electron chi connectivity index (χ3n) is 3.64. The molecule has 120 valence electrons. The quantitative estimate of drug-likeness (QED) is 0.895. The van der Waals surface area contributed by atoms with Gasteiger partial charge in [-0.05, 0) is 23.3 Å². The number of halogens is 2. The second kappa shape index (κ2) is 6.17. The third-order valence-corrected chi connectivity index (χ3v) is 5.97. The average molecular weight is 370 g/mol. The Morgan fingerprint density at radius 2 is 1.78 bits per heavy atom. The van der Waals surface area contributed by atoms with Gasteiger partial charge in [-0.2, -0.15) is 4.31 Å². The largest absolute Gasteiger partial charge is 0.505 e. The molecule has 4 nitrogen and oxygen atoms in total. The van der Waals surface area contributed by atoms with Crippen molar-refractivity contribution in [3.63, 3.8) is 0 Å². The van der Waals surface area contributed by atoms with Crippen molar-refractivity contribution in [3.8, 4) is 5.75 Å². The Kier molecular flexibility index (Phi) is 4.38. The van der Waals surface area contributed by atoms with Gasteiger partial charge in [0, 0.05) is 18.1 Å². The summed E-state index contributed by atoms with van der Waals surface area (Å²) >= 11 is 11.7. The van der Waals surface area contributed by atoms with E-state index in [0.717, 1.165) is 11.1 Å². The van der Waals surface area contributed by atoms with Crippen LogP contribution < -0.4 is 0 Å². The predicted octanol–water partition coefficient (Wildman–Crippen LogP) is 3.79. The van der Waals surface area contributed by atoms with Crippen LogP contribution in [0.3, 0.4) is 0 Å². The number of rotatable bonds is 3. The van der Waals surface area contributed by atoms with Crippen molar-refractivity contribution in [1.82, 2.24) is 4.31 Å². The number of benzene rings is 2. The van der Waals surface area contributed by atoms with Gasteiger partial charge in [-0.25, -0.2) is 8.42 Å². The predicted molar refractivity (Wildman–Crippen MR) is 91.3 cm³/mol. The first kappa shape index (κ1) is 16.3. The van der Waals surface area contributed by atoms with Crippen molar-refractivity contribution >= 4 is 38.8 Å². The highest BCUT2D eigenvalue weighted by Crippen LogP contribution is 2.37.